The SMILES string of the molecule is Cc1ccc2n[nH]c(C)c2c1-c1nc2c(c(N3CCC4OCC4(C)C3)n1)CN(c1cc(C(F)F)nn1C)CC2. The van der Waals surface area contributed by atoms with Gasteiger partial charge in [0, 0.05) is 73.3 Å². The van der Waals surface area contributed by atoms with Gasteiger partial charge in [-0.1, -0.05) is 13.0 Å². The number of aryl methyl sites for hydroxylation is 3. The average molecular weight is 535 g/mol. The van der Waals surface area contributed by atoms with Crippen molar-refractivity contribution in [1.82, 2.24) is 29.9 Å². The zero-order valence-corrected chi connectivity index (χ0v) is 22.6. The number of anilines is 2. The first-order valence-electron chi connectivity index (χ1n) is 13.5. The number of piperidine rings is 1. The van der Waals surface area contributed by atoms with E-state index in [0.717, 1.165) is 70.9 Å². The monoisotopic (exact) mass is 534 g/mol. The molecular formula is C28H32F2N8O. The Labute approximate surface area is 225 Å². The molecule has 2 atom stereocenters. The second kappa shape index (κ2) is 8.70. The first-order valence-corrected chi connectivity index (χ1v) is 13.5. The summed E-state index contributed by atoms with van der Waals surface area (Å²) in [7, 11) is 1.72. The molecular weight excluding hydrogens is 502 g/mol. The molecule has 3 aliphatic rings. The number of ether oxygens (including phenoxy) is 1. The summed E-state index contributed by atoms with van der Waals surface area (Å²) in [5.74, 6) is 2.32. The van der Waals surface area contributed by atoms with Crippen molar-refractivity contribution in [2.75, 3.05) is 36.0 Å². The third-order valence-electron chi connectivity index (χ3n) is 8.70. The van der Waals surface area contributed by atoms with Crippen molar-refractivity contribution in [3.63, 3.8) is 0 Å². The minimum Gasteiger partial charge on any atom is -0.377 e. The van der Waals surface area contributed by atoms with Gasteiger partial charge >= 0.3 is 0 Å². The second-order valence-corrected chi connectivity index (χ2v) is 11.5. The number of aromatic amines is 1. The maximum absolute atomic E-state index is 13.4. The Morgan fingerprint density at radius 2 is 2.00 bits per heavy atom. The molecule has 0 saturated carbocycles. The van der Waals surface area contributed by atoms with E-state index in [-0.39, 0.29) is 17.2 Å². The van der Waals surface area contributed by atoms with Crippen LogP contribution < -0.4 is 9.80 Å². The molecule has 0 aliphatic carbocycles. The van der Waals surface area contributed by atoms with Gasteiger partial charge in [0.2, 0.25) is 0 Å². The maximum Gasteiger partial charge on any atom is 0.282 e. The third kappa shape index (κ3) is 3.81. The van der Waals surface area contributed by atoms with E-state index in [9.17, 15) is 8.78 Å². The molecule has 0 radical (unpaired) electrons. The van der Waals surface area contributed by atoms with Gasteiger partial charge in [-0.05, 0) is 31.9 Å². The van der Waals surface area contributed by atoms with Crippen LogP contribution in [0.3, 0.4) is 0 Å². The van der Waals surface area contributed by atoms with Crippen LogP contribution in [0.15, 0.2) is 18.2 Å². The van der Waals surface area contributed by atoms with Gasteiger partial charge in [0.25, 0.3) is 6.43 Å². The Kier molecular flexibility index (Phi) is 5.45. The number of nitrogens with one attached hydrogen (secondary N) is 1. The quantitative estimate of drug-likeness (QED) is 0.413. The summed E-state index contributed by atoms with van der Waals surface area (Å²) >= 11 is 0. The molecule has 6 heterocycles. The van der Waals surface area contributed by atoms with Crippen molar-refractivity contribution in [3.05, 3.63) is 46.4 Å². The number of aromatic nitrogens is 6. The van der Waals surface area contributed by atoms with Gasteiger partial charge in [0.15, 0.2) is 5.82 Å². The zero-order valence-electron chi connectivity index (χ0n) is 22.6. The fourth-order valence-electron chi connectivity index (χ4n) is 6.54. The molecule has 1 aromatic carbocycles. The highest BCUT2D eigenvalue weighted by atomic mass is 19.3. The molecule has 2 fully saturated rings. The molecule has 39 heavy (non-hydrogen) atoms. The van der Waals surface area contributed by atoms with Crippen LogP contribution >= 0.6 is 0 Å². The van der Waals surface area contributed by atoms with Gasteiger partial charge in [-0.25, -0.2) is 18.7 Å². The molecule has 2 saturated heterocycles. The molecule has 0 spiro atoms. The number of rotatable bonds is 4. The van der Waals surface area contributed by atoms with Crippen LogP contribution in [0.4, 0.5) is 20.4 Å². The number of alkyl halides is 2. The van der Waals surface area contributed by atoms with Crippen LogP contribution in [0.5, 0.6) is 0 Å². The Hall–Kier alpha value is -3.60. The number of benzene rings is 1. The largest absolute Gasteiger partial charge is 0.377 e. The van der Waals surface area contributed by atoms with E-state index in [2.05, 4.69) is 45.0 Å². The van der Waals surface area contributed by atoms with Crippen LogP contribution in [0.1, 0.15) is 48.0 Å². The summed E-state index contributed by atoms with van der Waals surface area (Å²) in [5, 5.41) is 12.7. The van der Waals surface area contributed by atoms with Gasteiger partial charge < -0.3 is 14.5 Å². The summed E-state index contributed by atoms with van der Waals surface area (Å²) in [6.45, 7) is 10.1. The van der Waals surface area contributed by atoms with Crippen LogP contribution in [0, 0.1) is 19.3 Å². The van der Waals surface area contributed by atoms with E-state index >= 15 is 0 Å². The number of hydrogen-bond donors (Lipinski definition) is 1. The summed E-state index contributed by atoms with van der Waals surface area (Å²) in [4.78, 5) is 14.9. The van der Waals surface area contributed by atoms with Crippen molar-refractivity contribution >= 4 is 22.5 Å². The number of hydrogen-bond acceptors (Lipinski definition) is 7. The molecule has 11 heteroatoms. The predicted octanol–water partition coefficient (Wildman–Crippen LogP) is 4.49. The van der Waals surface area contributed by atoms with Gasteiger partial charge in [-0.2, -0.15) is 10.2 Å². The molecule has 1 N–H and O–H groups in total. The van der Waals surface area contributed by atoms with Crippen molar-refractivity contribution in [2.24, 2.45) is 12.5 Å². The number of halogens is 2. The topological polar surface area (TPSA) is 88.0 Å². The second-order valence-electron chi connectivity index (χ2n) is 11.5. The maximum atomic E-state index is 13.4. The van der Waals surface area contributed by atoms with Crippen molar-refractivity contribution < 1.29 is 13.5 Å². The normalized spacial score (nSPS) is 22.8. The minimum absolute atomic E-state index is 0.0931. The Morgan fingerprint density at radius 1 is 1.15 bits per heavy atom. The van der Waals surface area contributed by atoms with Gasteiger partial charge in [-0.3, -0.25) is 9.78 Å². The van der Waals surface area contributed by atoms with Crippen molar-refractivity contribution in [1.29, 1.82) is 0 Å². The van der Waals surface area contributed by atoms with E-state index in [4.69, 9.17) is 14.7 Å². The minimum atomic E-state index is -2.60. The van der Waals surface area contributed by atoms with E-state index < -0.39 is 6.43 Å². The standard InChI is InChI=1S/C28H32F2N8O/c1-15-5-6-19-24(16(2)33-34-19)23(15)26-31-18-7-9-37(22-11-20(25(29)30)35-36(22)4)12-17(18)27(32-26)38-10-8-21-28(3,13-38)14-39-21/h5-6,11,21,25H,7-10,12-14H2,1-4H3,(H,33,34). The fourth-order valence-corrected chi connectivity index (χ4v) is 6.54. The number of fused-ring (bicyclic) bond motifs is 3. The first kappa shape index (κ1) is 24.4. The lowest BCUT2D eigenvalue weighted by Gasteiger charge is -2.53. The fraction of sp³-hybridized carbons (Fsp3) is 0.500. The zero-order chi connectivity index (χ0) is 27.1. The Bertz CT molecular complexity index is 1600. The molecule has 0 bridgehead atoms. The average Bonchev–Trinajstić information content (AvgIpc) is 3.48. The van der Waals surface area contributed by atoms with E-state index in [1.165, 1.54) is 6.07 Å². The van der Waals surface area contributed by atoms with Crippen LogP contribution in [-0.4, -0.2) is 62.3 Å². The Balaban J connectivity index is 1.36. The molecule has 2 unspecified atom stereocenters. The lowest BCUT2D eigenvalue weighted by molar-refractivity contribution is -0.183. The highest BCUT2D eigenvalue weighted by Crippen LogP contribution is 2.44. The van der Waals surface area contributed by atoms with Gasteiger partial charge in [-0.15, -0.1) is 0 Å². The van der Waals surface area contributed by atoms with E-state index in [1.54, 1.807) is 11.7 Å². The molecule has 0 amide bonds. The van der Waals surface area contributed by atoms with Crippen LogP contribution in [0.2, 0.25) is 0 Å². The third-order valence-corrected chi connectivity index (χ3v) is 8.70. The highest BCUT2D eigenvalue weighted by molar-refractivity contribution is 5.96. The van der Waals surface area contributed by atoms with E-state index in [1.807, 2.05) is 13.0 Å². The number of H-pyrrole nitrogens is 1. The molecule has 9 nitrogen and oxygen atoms in total. The lowest BCUT2D eigenvalue weighted by atomic mass is 9.75. The van der Waals surface area contributed by atoms with Gasteiger partial charge in [0.1, 0.15) is 17.3 Å². The molecule has 3 aliphatic heterocycles. The molecule has 204 valence electrons. The summed E-state index contributed by atoms with van der Waals surface area (Å²) in [6, 6.07) is 5.59. The highest BCUT2D eigenvalue weighted by Gasteiger charge is 2.49. The number of nitrogens with zero attached hydrogens (tertiary/aromatic N) is 7. The van der Waals surface area contributed by atoms with Crippen molar-refractivity contribution in [3.8, 4) is 11.4 Å². The Morgan fingerprint density at radius 3 is 2.72 bits per heavy atom. The summed E-state index contributed by atoms with van der Waals surface area (Å²) in [5.41, 5.74) is 5.95. The molecule has 3 aromatic heterocycles. The lowest BCUT2D eigenvalue weighted by Crippen LogP contribution is -2.61. The van der Waals surface area contributed by atoms with Crippen LogP contribution in [0.25, 0.3) is 22.3 Å². The molecule has 4 aromatic rings. The summed E-state index contributed by atoms with van der Waals surface area (Å²) in [6.07, 6.45) is -0.686. The van der Waals surface area contributed by atoms with Crippen molar-refractivity contribution in [2.45, 2.75) is 52.7 Å². The van der Waals surface area contributed by atoms with Crippen LogP contribution in [-0.2, 0) is 24.8 Å². The van der Waals surface area contributed by atoms with Gasteiger partial charge in [0.05, 0.1) is 23.9 Å². The summed E-state index contributed by atoms with van der Waals surface area (Å²) < 4.78 is 34.2. The van der Waals surface area contributed by atoms with E-state index in [0.29, 0.717) is 31.2 Å². The predicted molar refractivity (Wildman–Crippen MR) is 144 cm³/mol. The molecule has 7 rings (SSSR count). The smallest absolute Gasteiger partial charge is 0.282 e. The first-order chi connectivity index (χ1) is 18.7.